The van der Waals surface area contributed by atoms with Crippen LogP contribution in [0.4, 0.5) is 11.7 Å². The molecule has 0 radical (unpaired) electrons. The lowest BCUT2D eigenvalue weighted by molar-refractivity contribution is -0.401. The van der Waals surface area contributed by atoms with Gasteiger partial charge in [0.15, 0.2) is 5.78 Å². The van der Waals surface area contributed by atoms with Crippen molar-refractivity contribution in [1.82, 2.24) is 4.40 Å². The number of nitrogens with two attached hydrogens (primary N) is 1. The Morgan fingerprint density at radius 1 is 1.21 bits per heavy atom. The third-order valence-electron chi connectivity index (χ3n) is 5.29. The Bertz CT molecular complexity index is 1490. The van der Waals surface area contributed by atoms with Gasteiger partial charge in [-0.25, -0.2) is 4.79 Å². The molecule has 2 N–H and O–H groups in total. The molecule has 0 bridgehead atoms. The molecule has 0 fully saturated rings. The summed E-state index contributed by atoms with van der Waals surface area (Å²) in [7, 11) is 1.15. The molecule has 4 rings (SSSR count). The molecular formula is C23H16N4O6. The quantitative estimate of drug-likeness (QED) is 0.210. The second kappa shape index (κ2) is 7.97. The normalized spacial score (nSPS) is 10.7. The van der Waals surface area contributed by atoms with Gasteiger partial charge in [0.05, 0.1) is 40.9 Å². The number of carbonyl (C=O) groups is 2. The van der Waals surface area contributed by atoms with Crippen LogP contribution in [0.25, 0.3) is 16.8 Å². The number of aromatic nitrogens is 1. The summed E-state index contributed by atoms with van der Waals surface area (Å²) in [4.78, 5) is 36.4. The fourth-order valence-electron chi connectivity index (χ4n) is 3.80. The zero-order valence-corrected chi connectivity index (χ0v) is 17.5. The summed E-state index contributed by atoms with van der Waals surface area (Å²) in [5.41, 5.74) is 7.24. The molecule has 0 aliphatic rings. The van der Waals surface area contributed by atoms with Gasteiger partial charge in [-0.15, -0.1) is 0 Å². The number of nitro groups is 1. The standard InChI is InChI=1S/C23H16N4O6/c1-12-15(11-24)19(17-8-9-18(33-17)27(30)31)20(23(29)32-2)16-10-14(22(25)26(12)16)21(28)13-6-4-3-5-7-13/h3-10H,25H2,1-2H3. The van der Waals surface area contributed by atoms with Gasteiger partial charge in [-0.3, -0.25) is 19.3 Å². The number of nitriles is 1. The fourth-order valence-corrected chi connectivity index (χ4v) is 3.80. The van der Waals surface area contributed by atoms with Crippen molar-refractivity contribution in [2.24, 2.45) is 0 Å². The average molecular weight is 444 g/mol. The number of nitrogens with zero attached hydrogens (tertiary/aromatic N) is 3. The molecular weight excluding hydrogens is 428 g/mol. The van der Waals surface area contributed by atoms with Gasteiger partial charge in [0.25, 0.3) is 0 Å². The van der Waals surface area contributed by atoms with Crippen molar-refractivity contribution in [1.29, 1.82) is 5.26 Å². The van der Waals surface area contributed by atoms with Crippen LogP contribution in [-0.4, -0.2) is 28.2 Å². The predicted molar refractivity (Wildman–Crippen MR) is 117 cm³/mol. The topological polar surface area (TPSA) is 154 Å². The van der Waals surface area contributed by atoms with Crippen LogP contribution < -0.4 is 5.73 Å². The molecule has 0 aliphatic heterocycles. The minimum absolute atomic E-state index is 0.00634. The van der Waals surface area contributed by atoms with E-state index in [1.807, 2.05) is 6.07 Å². The van der Waals surface area contributed by atoms with Crippen LogP contribution in [0, 0.1) is 28.4 Å². The number of anilines is 1. The minimum Gasteiger partial charge on any atom is -0.465 e. The highest BCUT2D eigenvalue weighted by Crippen LogP contribution is 2.38. The van der Waals surface area contributed by atoms with E-state index < -0.39 is 16.8 Å². The SMILES string of the molecule is COC(=O)c1c(-c2ccc([N+](=O)[O-])o2)c(C#N)c(C)n2c(N)c(C(=O)c3ccccc3)cc12. The van der Waals surface area contributed by atoms with Crippen molar-refractivity contribution >= 4 is 29.0 Å². The van der Waals surface area contributed by atoms with Crippen LogP contribution in [0.2, 0.25) is 0 Å². The van der Waals surface area contributed by atoms with E-state index in [0.717, 1.165) is 13.2 Å². The van der Waals surface area contributed by atoms with Gasteiger partial charge < -0.3 is 14.9 Å². The summed E-state index contributed by atoms with van der Waals surface area (Å²) in [5, 5.41) is 21.0. The summed E-state index contributed by atoms with van der Waals surface area (Å²) in [6.45, 7) is 1.58. The summed E-state index contributed by atoms with van der Waals surface area (Å²) in [6.07, 6.45) is 0. The lowest BCUT2D eigenvalue weighted by Gasteiger charge is -2.14. The van der Waals surface area contributed by atoms with E-state index in [0.29, 0.717) is 11.3 Å². The lowest BCUT2D eigenvalue weighted by atomic mass is 9.97. The van der Waals surface area contributed by atoms with Gasteiger partial charge in [0, 0.05) is 11.3 Å². The number of rotatable bonds is 5. The lowest BCUT2D eigenvalue weighted by Crippen LogP contribution is -2.12. The highest BCUT2D eigenvalue weighted by atomic mass is 16.6. The molecule has 4 aromatic rings. The van der Waals surface area contributed by atoms with E-state index in [2.05, 4.69) is 0 Å². The van der Waals surface area contributed by atoms with Crippen LogP contribution in [0.1, 0.15) is 37.5 Å². The maximum absolute atomic E-state index is 13.1. The molecule has 0 aliphatic carbocycles. The number of pyridine rings is 1. The fraction of sp³-hybridized carbons (Fsp3) is 0.0870. The smallest absolute Gasteiger partial charge is 0.433 e. The third kappa shape index (κ3) is 3.28. The highest BCUT2D eigenvalue weighted by molar-refractivity contribution is 6.15. The molecule has 0 saturated carbocycles. The van der Waals surface area contributed by atoms with Gasteiger partial charge in [-0.1, -0.05) is 30.3 Å². The maximum Gasteiger partial charge on any atom is 0.433 e. The largest absolute Gasteiger partial charge is 0.465 e. The molecule has 0 unspecified atom stereocenters. The highest BCUT2D eigenvalue weighted by Gasteiger charge is 2.30. The number of benzene rings is 1. The van der Waals surface area contributed by atoms with Crippen LogP contribution in [0.3, 0.4) is 0 Å². The van der Waals surface area contributed by atoms with Crippen molar-refractivity contribution < 1.29 is 23.7 Å². The van der Waals surface area contributed by atoms with E-state index in [1.54, 1.807) is 37.3 Å². The minimum atomic E-state index is -0.832. The first-order valence-corrected chi connectivity index (χ1v) is 9.60. The van der Waals surface area contributed by atoms with Gasteiger partial charge in [-0.2, -0.15) is 5.26 Å². The van der Waals surface area contributed by atoms with Crippen LogP contribution >= 0.6 is 0 Å². The number of hydrogen-bond donors (Lipinski definition) is 1. The number of fused-ring (bicyclic) bond motifs is 1. The number of ketones is 1. The van der Waals surface area contributed by atoms with Crippen molar-refractivity contribution in [2.75, 3.05) is 12.8 Å². The van der Waals surface area contributed by atoms with Crippen molar-refractivity contribution in [2.45, 2.75) is 6.92 Å². The van der Waals surface area contributed by atoms with Crippen LogP contribution in [-0.2, 0) is 4.74 Å². The molecule has 0 atom stereocenters. The van der Waals surface area contributed by atoms with Crippen LogP contribution in [0.15, 0.2) is 52.9 Å². The molecule has 0 spiro atoms. The number of ether oxygens (including phenoxy) is 1. The summed E-state index contributed by atoms with van der Waals surface area (Å²) in [5.74, 6) is -1.80. The molecule has 0 amide bonds. The summed E-state index contributed by atoms with van der Waals surface area (Å²) >= 11 is 0. The molecule has 164 valence electrons. The second-order valence-corrected chi connectivity index (χ2v) is 7.07. The number of carbonyl (C=O) groups excluding carboxylic acids is 2. The van der Waals surface area contributed by atoms with Gasteiger partial charge >= 0.3 is 11.9 Å². The molecule has 3 heterocycles. The maximum atomic E-state index is 13.1. The van der Waals surface area contributed by atoms with Crippen LogP contribution in [0.5, 0.6) is 0 Å². The molecule has 0 saturated heterocycles. The molecule has 10 nitrogen and oxygen atoms in total. The molecule has 33 heavy (non-hydrogen) atoms. The zero-order valence-electron chi connectivity index (χ0n) is 17.5. The number of methoxy groups -OCH3 is 1. The number of esters is 1. The number of hydrogen-bond acceptors (Lipinski definition) is 8. The van der Waals surface area contributed by atoms with E-state index in [9.17, 15) is 25.0 Å². The molecule has 10 heteroatoms. The first kappa shape index (κ1) is 21.3. The van der Waals surface area contributed by atoms with Crippen molar-refractivity contribution in [3.63, 3.8) is 0 Å². The Morgan fingerprint density at radius 3 is 2.48 bits per heavy atom. The van der Waals surface area contributed by atoms with Gasteiger partial charge in [0.2, 0.25) is 0 Å². The summed E-state index contributed by atoms with van der Waals surface area (Å²) < 4.78 is 11.7. The Hall–Kier alpha value is -4.91. The number of nitrogen functional groups attached to an aromatic ring is 1. The second-order valence-electron chi connectivity index (χ2n) is 7.07. The Morgan fingerprint density at radius 2 is 1.91 bits per heavy atom. The molecule has 1 aromatic carbocycles. The molecule has 3 aromatic heterocycles. The third-order valence-corrected chi connectivity index (χ3v) is 5.29. The number of furan rings is 1. The van der Waals surface area contributed by atoms with Gasteiger partial charge in [0.1, 0.15) is 22.6 Å². The summed E-state index contributed by atoms with van der Waals surface area (Å²) in [6, 6.07) is 14.3. The van der Waals surface area contributed by atoms with E-state index >= 15 is 0 Å². The predicted octanol–water partition coefficient (Wildman–Crippen LogP) is 3.89. The number of aryl methyl sites for hydroxylation is 1. The Kier molecular flexibility index (Phi) is 5.15. The monoisotopic (exact) mass is 444 g/mol. The van der Waals surface area contributed by atoms with E-state index in [1.165, 1.54) is 16.5 Å². The van der Waals surface area contributed by atoms with E-state index in [4.69, 9.17) is 14.9 Å². The Labute approximate surface area is 186 Å². The van der Waals surface area contributed by atoms with E-state index in [-0.39, 0.29) is 45.1 Å². The van der Waals surface area contributed by atoms with Gasteiger partial charge in [-0.05, 0) is 19.1 Å². The zero-order chi connectivity index (χ0) is 23.9. The average Bonchev–Trinajstić information content (AvgIpc) is 3.44. The Balaban J connectivity index is 2.11. The first-order valence-electron chi connectivity index (χ1n) is 9.60. The first-order chi connectivity index (χ1) is 15.8. The van der Waals surface area contributed by atoms with Crippen molar-refractivity contribution in [3.05, 3.63) is 86.6 Å². The van der Waals surface area contributed by atoms with Crippen molar-refractivity contribution in [3.8, 4) is 17.4 Å².